The Balaban J connectivity index is 2.35. The van der Waals surface area contributed by atoms with Gasteiger partial charge in [0.05, 0.1) is 5.56 Å². The number of aromatic carboxylic acids is 1. The fourth-order valence-corrected chi connectivity index (χ4v) is 3.29. The van der Waals surface area contributed by atoms with E-state index in [1.165, 1.54) is 11.3 Å². The number of rotatable bonds is 2. The van der Waals surface area contributed by atoms with Crippen LogP contribution < -0.4 is 5.32 Å². The van der Waals surface area contributed by atoms with Crippen molar-refractivity contribution in [3.8, 4) is 0 Å². The number of fused-ring (bicyclic) bond motifs is 1. The van der Waals surface area contributed by atoms with Crippen molar-refractivity contribution in [2.45, 2.75) is 40.0 Å². The van der Waals surface area contributed by atoms with Crippen LogP contribution in [0, 0.1) is 5.41 Å². The molecule has 0 aromatic carbocycles. The van der Waals surface area contributed by atoms with E-state index in [4.69, 9.17) is 0 Å². The van der Waals surface area contributed by atoms with E-state index in [9.17, 15) is 14.7 Å². The molecular formula is C13H17NO3S. The van der Waals surface area contributed by atoms with E-state index in [0.717, 1.165) is 29.7 Å². The number of carbonyl (C=O) groups is 2. The van der Waals surface area contributed by atoms with Crippen LogP contribution >= 0.6 is 11.3 Å². The minimum Gasteiger partial charge on any atom is -0.478 e. The van der Waals surface area contributed by atoms with Crippen LogP contribution in [0.25, 0.3) is 0 Å². The molecular weight excluding hydrogens is 250 g/mol. The molecule has 0 saturated carbocycles. The molecule has 0 aliphatic heterocycles. The Morgan fingerprint density at radius 2 is 1.94 bits per heavy atom. The number of thiophene rings is 1. The topological polar surface area (TPSA) is 66.4 Å². The number of amides is 1. The summed E-state index contributed by atoms with van der Waals surface area (Å²) >= 11 is 1.41. The number of anilines is 1. The van der Waals surface area contributed by atoms with Crippen molar-refractivity contribution >= 4 is 28.2 Å². The summed E-state index contributed by atoms with van der Waals surface area (Å²) in [6, 6.07) is 0. The predicted molar refractivity (Wildman–Crippen MR) is 71.4 cm³/mol. The number of carboxylic acid groups (broad SMARTS) is 1. The van der Waals surface area contributed by atoms with Gasteiger partial charge < -0.3 is 10.4 Å². The molecule has 1 amide bonds. The van der Waals surface area contributed by atoms with Crippen LogP contribution in [-0.4, -0.2) is 17.0 Å². The maximum absolute atomic E-state index is 11.9. The summed E-state index contributed by atoms with van der Waals surface area (Å²) < 4.78 is 0. The molecule has 2 N–H and O–H groups in total. The minimum atomic E-state index is -0.946. The summed E-state index contributed by atoms with van der Waals surface area (Å²) in [6.07, 6.45) is 2.74. The Bertz CT molecular complexity index is 511. The molecule has 0 radical (unpaired) electrons. The molecule has 0 saturated heterocycles. The number of carboxylic acids is 1. The van der Waals surface area contributed by atoms with Gasteiger partial charge in [-0.2, -0.15) is 0 Å². The zero-order valence-electron chi connectivity index (χ0n) is 10.8. The number of nitrogens with one attached hydrogen (secondary N) is 1. The maximum Gasteiger partial charge on any atom is 0.339 e. The SMILES string of the molecule is CC(C)(C)C(=O)Nc1sc2c(c1C(=O)O)CCC2. The van der Waals surface area contributed by atoms with Gasteiger partial charge in [0.1, 0.15) is 5.00 Å². The van der Waals surface area contributed by atoms with E-state index in [1.54, 1.807) is 0 Å². The third-order valence-corrected chi connectivity index (χ3v) is 4.25. The fraction of sp³-hybridized carbons (Fsp3) is 0.538. The van der Waals surface area contributed by atoms with E-state index in [1.807, 2.05) is 20.8 Å². The molecule has 0 unspecified atom stereocenters. The van der Waals surface area contributed by atoms with Gasteiger partial charge in [-0.3, -0.25) is 4.79 Å². The quantitative estimate of drug-likeness (QED) is 0.865. The van der Waals surface area contributed by atoms with Crippen molar-refractivity contribution in [2.75, 3.05) is 5.32 Å². The molecule has 2 rings (SSSR count). The highest BCUT2D eigenvalue weighted by atomic mass is 32.1. The highest BCUT2D eigenvalue weighted by molar-refractivity contribution is 7.17. The van der Waals surface area contributed by atoms with Crippen molar-refractivity contribution in [1.29, 1.82) is 0 Å². The van der Waals surface area contributed by atoms with Gasteiger partial charge >= 0.3 is 5.97 Å². The van der Waals surface area contributed by atoms with Gasteiger partial charge in [-0.15, -0.1) is 11.3 Å². The summed E-state index contributed by atoms with van der Waals surface area (Å²) in [5.41, 5.74) is 0.686. The highest BCUT2D eigenvalue weighted by Gasteiger charge is 2.29. The molecule has 1 aliphatic carbocycles. The summed E-state index contributed by atoms with van der Waals surface area (Å²) in [6.45, 7) is 5.43. The molecule has 0 spiro atoms. The molecule has 1 heterocycles. The average Bonchev–Trinajstić information content (AvgIpc) is 2.74. The lowest BCUT2D eigenvalue weighted by Gasteiger charge is -2.17. The third kappa shape index (κ3) is 2.27. The van der Waals surface area contributed by atoms with E-state index < -0.39 is 11.4 Å². The molecule has 4 nitrogen and oxygen atoms in total. The van der Waals surface area contributed by atoms with E-state index in [0.29, 0.717) is 10.6 Å². The lowest BCUT2D eigenvalue weighted by atomic mass is 9.96. The molecule has 0 bridgehead atoms. The van der Waals surface area contributed by atoms with Crippen LogP contribution in [0.5, 0.6) is 0 Å². The predicted octanol–water partition coefficient (Wildman–Crippen LogP) is 2.92. The Kier molecular flexibility index (Phi) is 3.19. The monoisotopic (exact) mass is 267 g/mol. The van der Waals surface area contributed by atoms with Gasteiger partial charge in [-0.05, 0) is 24.8 Å². The smallest absolute Gasteiger partial charge is 0.339 e. The lowest BCUT2D eigenvalue weighted by molar-refractivity contribution is -0.123. The molecule has 18 heavy (non-hydrogen) atoms. The van der Waals surface area contributed by atoms with Crippen LogP contribution in [0.1, 0.15) is 48.0 Å². The van der Waals surface area contributed by atoms with Gasteiger partial charge in [0, 0.05) is 10.3 Å². The standard InChI is InChI=1S/C13H17NO3S/c1-13(2,3)12(17)14-10-9(11(15)16)7-5-4-6-8(7)18-10/h4-6H2,1-3H3,(H,14,17)(H,15,16). The van der Waals surface area contributed by atoms with Gasteiger partial charge in [0.15, 0.2) is 0 Å². The first-order valence-corrected chi connectivity index (χ1v) is 6.81. The lowest BCUT2D eigenvalue weighted by Crippen LogP contribution is -2.28. The highest BCUT2D eigenvalue weighted by Crippen LogP contribution is 2.39. The summed E-state index contributed by atoms with van der Waals surface area (Å²) in [7, 11) is 0. The molecule has 1 aliphatic rings. The zero-order valence-corrected chi connectivity index (χ0v) is 11.6. The number of hydrogen-bond donors (Lipinski definition) is 2. The third-order valence-electron chi connectivity index (χ3n) is 3.04. The zero-order chi connectivity index (χ0) is 13.5. The van der Waals surface area contributed by atoms with Crippen molar-refractivity contribution in [1.82, 2.24) is 0 Å². The van der Waals surface area contributed by atoms with Crippen molar-refractivity contribution in [3.63, 3.8) is 0 Å². The first-order valence-electron chi connectivity index (χ1n) is 6.00. The second-order valence-electron chi connectivity index (χ2n) is 5.57. The largest absolute Gasteiger partial charge is 0.478 e. The Labute approximate surface area is 110 Å². The van der Waals surface area contributed by atoms with Crippen molar-refractivity contribution < 1.29 is 14.7 Å². The molecule has 5 heteroatoms. The number of hydrogen-bond acceptors (Lipinski definition) is 3. The Morgan fingerprint density at radius 1 is 1.28 bits per heavy atom. The average molecular weight is 267 g/mol. The van der Waals surface area contributed by atoms with Crippen molar-refractivity contribution in [3.05, 3.63) is 16.0 Å². The Morgan fingerprint density at radius 3 is 2.50 bits per heavy atom. The van der Waals surface area contributed by atoms with Crippen LogP contribution in [0.3, 0.4) is 0 Å². The summed E-state index contributed by atoms with van der Waals surface area (Å²) in [4.78, 5) is 24.4. The normalized spacial score (nSPS) is 14.4. The van der Waals surface area contributed by atoms with Crippen molar-refractivity contribution in [2.24, 2.45) is 5.41 Å². The van der Waals surface area contributed by atoms with Gasteiger partial charge in [-0.1, -0.05) is 20.8 Å². The minimum absolute atomic E-state index is 0.148. The second kappa shape index (κ2) is 4.39. The first kappa shape index (κ1) is 13.1. The molecule has 1 aromatic heterocycles. The molecule has 0 atom stereocenters. The van der Waals surface area contributed by atoms with Crippen LogP contribution in [-0.2, 0) is 17.6 Å². The van der Waals surface area contributed by atoms with Crippen LogP contribution in [0.15, 0.2) is 0 Å². The van der Waals surface area contributed by atoms with Gasteiger partial charge in [0.25, 0.3) is 0 Å². The van der Waals surface area contributed by atoms with E-state index in [-0.39, 0.29) is 5.91 Å². The first-order chi connectivity index (χ1) is 8.30. The summed E-state index contributed by atoms with van der Waals surface area (Å²) in [5.74, 6) is -1.09. The fourth-order valence-electron chi connectivity index (χ4n) is 2.01. The van der Waals surface area contributed by atoms with Crippen LogP contribution in [0.2, 0.25) is 0 Å². The molecule has 98 valence electrons. The van der Waals surface area contributed by atoms with E-state index >= 15 is 0 Å². The van der Waals surface area contributed by atoms with Crippen LogP contribution in [0.4, 0.5) is 5.00 Å². The molecule has 0 fully saturated rings. The number of aryl methyl sites for hydroxylation is 1. The van der Waals surface area contributed by atoms with Gasteiger partial charge in [-0.25, -0.2) is 4.79 Å². The second-order valence-corrected chi connectivity index (χ2v) is 6.68. The van der Waals surface area contributed by atoms with E-state index in [2.05, 4.69) is 5.32 Å². The summed E-state index contributed by atoms with van der Waals surface area (Å²) in [5, 5.41) is 12.5. The van der Waals surface area contributed by atoms with Gasteiger partial charge in [0.2, 0.25) is 5.91 Å². The maximum atomic E-state index is 11.9. The molecule has 1 aromatic rings. The number of carbonyl (C=O) groups excluding carboxylic acids is 1. The Hall–Kier alpha value is -1.36.